The first-order chi connectivity index (χ1) is 11.2. The van der Waals surface area contributed by atoms with Gasteiger partial charge in [0.2, 0.25) is 5.91 Å². The average Bonchev–Trinajstić information content (AvgIpc) is 2.96. The van der Waals surface area contributed by atoms with Gasteiger partial charge in [-0.05, 0) is 44.9 Å². The summed E-state index contributed by atoms with van der Waals surface area (Å²) in [7, 11) is 0. The minimum absolute atomic E-state index is 0.350. The fraction of sp³-hybridized carbons (Fsp3) is 0.353. The minimum atomic E-state index is -0.557. The fourth-order valence-corrected chi connectivity index (χ4v) is 3.20. The van der Waals surface area contributed by atoms with Crippen molar-refractivity contribution in [2.24, 2.45) is 5.73 Å². The lowest BCUT2D eigenvalue weighted by atomic mass is 10.0. The number of thiazole rings is 1. The van der Waals surface area contributed by atoms with Crippen molar-refractivity contribution >= 4 is 29.0 Å². The molecule has 3 amide bonds. The van der Waals surface area contributed by atoms with Crippen molar-refractivity contribution in [3.63, 3.8) is 0 Å². The van der Waals surface area contributed by atoms with Gasteiger partial charge in [0.25, 0.3) is 0 Å². The van der Waals surface area contributed by atoms with Gasteiger partial charge in [-0.15, -0.1) is 11.3 Å². The largest absolute Gasteiger partial charge is 0.366 e. The second-order valence-corrected chi connectivity index (χ2v) is 6.81. The first kappa shape index (κ1) is 17.9. The lowest BCUT2D eigenvalue weighted by Gasteiger charge is -2.27. The van der Waals surface area contributed by atoms with E-state index in [9.17, 15) is 9.59 Å². The van der Waals surface area contributed by atoms with Gasteiger partial charge in [-0.1, -0.05) is 13.0 Å². The predicted molar refractivity (Wildman–Crippen MR) is 96.3 cm³/mol. The standard InChI is InChI=1S/C17H22N4O2S/c1-5-17(4,15-19-11(3)9-24-15)21-16(23)20-13-8-12(14(18)22)7-6-10(13)2/h6-9H,5H2,1-4H3,(H2,18,22)(H2,20,21,23)/t17-/m0/s1. The van der Waals surface area contributed by atoms with Crippen LogP contribution in [0.2, 0.25) is 0 Å². The number of nitrogens with zero attached hydrogens (tertiary/aromatic N) is 1. The van der Waals surface area contributed by atoms with Crippen molar-refractivity contribution in [1.82, 2.24) is 10.3 Å². The highest BCUT2D eigenvalue weighted by atomic mass is 32.1. The first-order valence-corrected chi connectivity index (χ1v) is 8.55. The second kappa shape index (κ2) is 7.00. The number of aryl methyl sites for hydroxylation is 2. The molecule has 1 aromatic carbocycles. The number of amides is 3. The van der Waals surface area contributed by atoms with Gasteiger partial charge in [0.05, 0.1) is 5.54 Å². The lowest BCUT2D eigenvalue weighted by molar-refractivity contribution is 0.1000. The maximum absolute atomic E-state index is 12.4. The Balaban J connectivity index is 2.18. The molecule has 0 aliphatic rings. The maximum atomic E-state index is 12.4. The van der Waals surface area contributed by atoms with Gasteiger partial charge in [-0.3, -0.25) is 4.79 Å². The summed E-state index contributed by atoms with van der Waals surface area (Å²) in [5.41, 5.74) is 7.42. The molecule has 0 bridgehead atoms. The van der Waals surface area contributed by atoms with Gasteiger partial charge in [0.1, 0.15) is 5.01 Å². The number of aromatic nitrogens is 1. The quantitative estimate of drug-likeness (QED) is 0.775. The fourth-order valence-electron chi connectivity index (χ4n) is 2.21. The Kier molecular flexibility index (Phi) is 5.23. The van der Waals surface area contributed by atoms with Crippen LogP contribution in [0.3, 0.4) is 0 Å². The van der Waals surface area contributed by atoms with E-state index < -0.39 is 11.4 Å². The Labute approximate surface area is 145 Å². The summed E-state index contributed by atoms with van der Waals surface area (Å²) in [5, 5.41) is 8.59. The molecule has 1 aromatic heterocycles. The van der Waals surface area contributed by atoms with Crippen LogP contribution >= 0.6 is 11.3 Å². The summed E-state index contributed by atoms with van der Waals surface area (Å²) < 4.78 is 0. The van der Waals surface area contributed by atoms with Crippen LogP contribution in [-0.4, -0.2) is 16.9 Å². The Morgan fingerprint density at radius 3 is 2.58 bits per heavy atom. The molecule has 0 saturated heterocycles. The number of benzene rings is 1. The maximum Gasteiger partial charge on any atom is 0.320 e. The van der Waals surface area contributed by atoms with Gasteiger partial charge in [-0.25, -0.2) is 9.78 Å². The molecular weight excluding hydrogens is 324 g/mol. The number of hydrogen-bond acceptors (Lipinski definition) is 4. The summed E-state index contributed by atoms with van der Waals surface area (Å²) in [6, 6.07) is 4.61. The molecule has 4 N–H and O–H groups in total. The zero-order chi connectivity index (χ0) is 17.9. The number of hydrogen-bond donors (Lipinski definition) is 3. The van der Waals surface area contributed by atoms with E-state index in [1.54, 1.807) is 18.2 Å². The molecule has 1 heterocycles. The third-order valence-corrected chi connectivity index (χ3v) is 5.18. The number of carbonyl (C=O) groups excluding carboxylic acids is 2. The second-order valence-electron chi connectivity index (χ2n) is 5.95. The molecule has 0 aliphatic carbocycles. The Morgan fingerprint density at radius 1 is 1.33 bits per heavy atom. The monoisotopic (exact) mass is 346 g/mol. The minimum Gasteiger partial charge on any atom is -0.366 e. The SMILES string of the molecule is CC[C@](C)(NC(=O)Nc1cc(C(N)=O)ccc1C)c1nc(C)cs1. The van der Waals surface area contributed by atoms with Gasteiger partial charge in [0, 0.05) is 22.3 Å². The summed E-state index contributed by atoms with van der Waals surface area (Å²) in [4.78, 5) is 28.2. The van der Waals surface area contributed by atoms with Gasteiger partial charge in [-0.2, -0.15) is 0 Å². The molecule has 0 aliphatic heterocycles. The molecule has 2 aromatic rings. The highest BCUT2D eigenvalue weighted by Crippen LogP contribution is 2.28. The molecule has 0 radical (unpaired) electrons. The molecule has 6 nitrogen and oxygen atoms in total. The topological polar surface area (TPSA) is 97.1 Å². The van der Waals surface area contributed by atoms with E-state index in [1.165, 1.54) is 11.3 Å². The molecule has 0 fully saturated rings. The first-order valence-electron chi connectivity index (χ1n) is 7.67. The number of urea groups is 1. The number of anilines is 1. The smallest absolute Gasteiger partial charge is 0.320 e. The van der Waals surface area contributed by atoms with Crippen molar-refractivity contribution < 1.29 is 9.59 Å². The van der Waals surface area contributed by atoms with Crippen molar-refractivity contribution in [3.05, 3.63) is 45.4 Å². The summed E-state index contributed by atoms with van der Waals surface area (Å²) in [6.07, 6.45) is 0.702. The summed E-state index contributed by atoms with van der Waals surface area (Å²) in [5.74, 6) is -0.532. The van der Waals surface area contributed by atoms with Crippen LogP contribution in [0.1, 0.15) is 46.9 Å². The van der Waals surface area contributed by atoms with Gasteiger partial charge >= 0.3 is 6.03 Å². The number of nitrogens with one attached hydrogen (secondary N) is 2. The van der Waals surface area contributed by atoms with E-state index in [2.05, 4.69) is 15.6 Å². The van der Waals surface area contributed by atoms with E-state index in [0.717, 1.165) is 16.3 Å². The van der Waals surface area contributed by atoms with Gasteiger partial charge < -0.3 is 16.4 Å². The molecular formula is C17H22N4O2S. The number of primary amides is 1. The number of carbonyl (C=O) groups is 2. The Hall–Kier alpha value is -2.41. The molecule has 0 spiro atoms. The molecule has 2 rings (SSSR count). The van der Waals surface area contributed by atoms with Gasteiger partial charge in [0.15, 0.2) is 0 Å². The van der Waals surface area contributed by atoms with Crippen molar-refractivity contribution in [1.29, 1.82) is 0 Å². The zero-order valence-corrected chi connectivity index (χ0v) is 15.1. The van der Waals surface area contributed by atoms with Crippen LogP contribution in [0, 0.1) is 13.8 Å². The van der Waals surface area contributed by atoms with E-state index in [1.807, 2.05) is 33.1 Å². The number of rotatable bonds is 5. The summed E-state index contributed by atoms with van der Waals surface area (Å²) in [6.45, 7) is 7.71. The third kappa shape index (κ3) is 3.91. The summed E-state index contributed by atoms with van der Waals surface area (Å²) >= 11 is 1.52. The van der Waals surface area contributed by atoms with Crippen molar-refractivity contribution in [2.45, 2.75) is 39.7 Å². The molecule has 24 heavy (non-hydrogen) atoms. The van der Waals surface area contributed by atoms with E-state index >= 15 is 0 Å². The third-order valence-electron chi connectivity index (χ3n) is 3.96. The molecule has 1 atom stereocenters. The van der Waals surface area contributed by atoms with Crippen LogP contribution in [0.25, 0.3) is 0 Å². The van der Waals surface area contributed by atoms with E-state index in [-0.39, 0.29) is 6.03 Å². The average molecular weight is 346 g/mol. The molecule has 0 unspecified atom stereocenters. The van der Waals surface area contributed by atoms with E-state index in [4.69, 9.17) is 5.73 Å². The van der Waals surface area contributed by atoms with Crippen LogP contribution in [-0.2, 0) is 5.54 Å². The van der Waals surface area contributed by atoms with Crippen molar-refractivity contribution in [2.75, 3.05) is 5.32 Å². The Bertz CT molecular complexity index is 772. The van der Waals surface area contributed by atoms with Crippen LogP contribution in [0.15, 0.2) is 23.6 Å². The normalized spacial score (nSPS) is 13.2. The number of nitrogens with two attached hydrogens (primary N) is 1. The molecule has 7 heteroatoms. The highest BCUT2D eigenvalue weighted by molar-refractivity contribution is 7.09. The lowest BCUT2D eigenvalue weighted by Crippen LogP contribution is -2.45. The molecule has 0 saturated carbocycles. The molecule has 128 valence electrons. The van der Waals surface area contributed by atoms with Crippen molar-refractivity contribution in [3.8, 4) is 0 Å². The zero-order valence-electron chi connectivity index (χ0n) is 14.3. The highest BCUT2D eigenvalue weighted by Gasteiger charge is 2.29. The predicted octanol–water partition coefficient (Wildman–Crippen LogP) is 3.31. The van der Waals surface area contributed by atoms with Crippen LogP contribution in [0.4, 0.5) is 10.5 Å². The van der Waals surface area contributed by atoms with Crippen LogP contribution < -0.4 is 16.4 Å². The van der Waals surface area contributed by atoms with E-state index in [0.29, 0.717) is 17.7 Å². The van der Waals surface area contributed by atoms with Crippen LogP contribution in [0.5, 0.6) is 0 Å². The Morgan fingerprint density at radius 2 is 2.04 bits per heavy atom.